The summed E-state index contributed by atoms with van der Waals surface area (Å²) in [5.41, 5.74) is -0.698. The van der Waals surface area contributed by atoms with Gasteiger partial charge in [0, 0.05) is 16.3 Å². The number of carbonyl (C=O) groups is 1. The van der Waals surface area contributed by atoms with Crippen molar-refractivity contribution in [3.63, 3.8) is 0 Å². The molecule has 0 spiro atoms. The highest BCUT2D eigenvalue weighted by Crippen LogP contribution is 2.28. The summed E-state index contributed by atoms with van der Waals surface area (Å²) in [5, 5.41) is 9.91. The van der Waals surface area contributed by atoms with Gasteiger partial charge in [0.1, 0.15) is 18.7 Å². The van der Waals surface area contributed by atoms with Crippen molar-refractivity contribution in [2.45, 2.75) is 26.2 Å². The molecule has 1 amide bonds. The van der Waals surface area contributed by atoms with Crippen LogP contribution >= 0.6 is 11.6 Å². The standard InChI is InChI=1S/C16H13ClF4N6O/c1-9-5-13(16(19,20)21)24-27(9)7-14(28)23-15-22-8-26(25-15)6-10-11(17)3-2-4-12(10)18/h2-5,8H,6-7H2,1H3,(H,23,25,28). The SMILES string of the molecule is Cc1cc(C(F)(F)F)nn1CC(=O)Nc1ncn(Cc2c(F)cccc2Cl)n1. The molecule has 2 heterocycles. The third-order valence-electron chi connectivity index (χ3n) is 3.73. The van der Waals surface area contributed by atoms with E-state index in [1.807, 2.05) is 0 Å². The smallest absolute Gasteiger partial charge is 0.292 e. The highest BCUT2D eigenvalue weighted by molar-refractivity contribution is 6.31. The quantitative estimate of drug-likeness (QED) is 0.647. The van der Waals surface area contributed by atoms with E-state index >= 15 is 0 Å². The van der Waals surface area contributed by atoms with E-state index in [9.17, 15) is 22.4 Å². The number of rotatable bonds is 5. The number of alkyl halides is 3. The molecule has 0 unspecified atom stereocenters. The van der Waals surface area contributed by atoms with Crippen molar-refractivity contribution in [1.29, 1.82) is 0 Å². The lowest BCUT2D eigenvalue weighted by molar-refractivity contribution is -0.141. The van der Waals surface area contributed by atoms with Crippen molar-refractivity contribution >= 4 is 23.5 Å². The van der Waals surface area contributed by atoms with Crippen LogP contribution in [0.1, 0.15) is 17.0 Å². The number of benzene rings is 1. The van der Waals surface area contributed by atoms with Crippen LogP contribution in [0.4, 0.5) is 23.5 Å². The Kier molecular flexibility index (Phi) is 5.36. The molecule has 0 aliphatic carbocycles. The summed E-state index contributed by atoms with van der Waals surface area (Å²) in [6, 6.07) is 5.09. The van der Waals surface area contributed by atoms with Crippen LogP contribution in [0.5, 0.6) is 0 Å². The van der Waals surface area contributed by atoms with Crippen molar-refractivity contribution in [2.75, 3.05) is 5.32 Å². The number of carbonyl (C=O) groups excluding carboxylic acids is 1. The van der Waals surface area contributed by atoms with E-state index in [2.05, 4.69) is 20.5 Å². The van der Waals surface area contributed by atoms with Gasteiger partial charge in [-0.2, -0.15) is 18.3 Å². The Morgan fingerprint density at radius 1 is 1.29 bits per heavy atom. The van der Waals surface area contributed by atoms with Crippen molar-refractivity contribution in [3.8, 4) is 0 Å². The van der Waals surface area contributed by atoms with Gasteiger partial charge in [0.15, 0.2) is 5.69 Å². The Hall–Kier alpha value is -2.95. The summed E-state index contributed by atoms with van der Waals surface area (Å²) < 4.78 is 54.0. The van der Waals surface area contributed by atoms with Crippen molar-refractivity contribution < 1.29 is 22.4 Å². The predicted molar refractivity (Wildman–Crippen MR) is 91.1 cm³/mol. The number of hydrogen-bond donors (Lipinski definition) is 1. The number of amides is 1. The van der Waals surface area contributed by atoms with Gasteiger partial charge in [-0.05, 0) is 25.1 Å². The van der Waals surface area contributed by atoms with E-state index in [-0.39, 0.29) is 28.8 Å². The predicted octanol–water partition coefficient (Wildman–Crippen LogP) is 3.28. The number of anilines is 1. The second kappa shape index (κ2) is 7.58. The number of nitrogens with zero attached hydrogens (tertiary/aromatic N) is 5. The molecule has 12 heteroatoms. The molecule has 28 heavy (non-hydrogen) atoms. The van der Waals surface area contributed by atoms with Gasteiger partial charge in [-0.15, -0.1) is 5.10 Å². The zero-order chi connectivity index (χ0) is 20.5. The Bertz CT molecular complexity index is 993. The minimum Gasteiger partial charge on any atom is -0.292 e. The van der Waals surface area contributed by atoms with Crippen LogP contribution < -0.4 is 5.32 Å². The summed E-state index contributed by atoms with van der Waals surface area (Å²) in [6.07, 6.45) is -3.33. The fraction of sp³-hybridized carbons (Fsp3) is 0.250. The average molecular weight is 417 g/mol. The highest BCUT2D eigenvalue weighted by atomic mass is 35.5. The molecule has 3 aromatic rings. The van der Waals surface area contributed by atoms with Crippen LogP contribution in [0.25, 0.3) is 0 Å². The topological polar surface area (TPSA) is 77.6 Å². The van der Waals surface area contributed by atoms with Gasteiger partial charge in [0.25, 0.3) is 0 Å². The lowest BCUT2D eigenvalue weighted by Gasteiger charge is -2.06. The molecular weight excluding hydrogens is 404 g/mol. The first kappa shape index (κ1) is 19.8. The molecule has 0 atom stereocenters. The molecule has 0 fully saturated rings. The third kappa shape index (κ3) is 4.47. The maximum Gasteiger partial charge on any atom is 0.435 e. The third-order valence-corrected chi connectivity index (χ3v) is 4.09. The molecule has 0 radical (unpaired) electrons. The summed E-state index contributed by atoms with van der Waals surface area (Å²) in [5.74, 6) is -1.26. The number of hydrogen-bond acceptors (Lipinski definition) is 4. The lowest BCUT2D eigenvalue weighted by atomic mass is 10.2. The van der Waals surface area contributed by atoms with Crippen molar-refractivity contribution in [1.82, 2.24) is 24.5 Å². The fourth-order valence-electron chi connectivity index (χ4n) is 2.38. The van der Waals surface area contributed by atoms with Crippen molar-refractivity contribution in [2.24, 2.45) is 0 Å². The maximum atomic E-state index is 13.8. The molecule has 0 saturated heterocycles. The van der Waals surface area contributed by atoms with Crippen LogP contribution in [0.3, 0.4) is 0 Å². The zero-order valence-electron chi connectivity index (χ0n) is 14.3. The van der Waals surface area contributed by atoms with E-state index in [0.717, 1.165) is 10.7 Å². The van der Waals surface area contributed by atoms with Crippen LogP contribution in [0.15, 0.2) is 30.6 Å². The average Bonchev–Trinajstić information content (AvgIpc) is 3.18. The Balaban J connectivity index is 1.65. The van der Waals surface area contributed by atoms with Gasteiger partial charge in [-0.25, -0.2) is 14.1 Å². The fourth-order valence-corrected chi connectivity index (χ4v) is 2.61. The second-order valence-electron chi connectivity index (χ2n) is 5.84. The molecule has 0 aliphatic rings. The van der Waals surface area contributed by atoms with E-state index in [1.165, 1.54) is 36.1 Å². The molecule has 1 aromatic carbocycles. The summed E-state index contributed by atoms with van der Waals surface area (Å²) in [6.45, 7) is 0.942. The Morgan fingerprint density at radius 3 is 2.68 bits per heavy atom. The van der Waals surface area contributed by atoms with Crippen LogP contribution in [-0.2, 0) is 24.1 Å². The van der Waals surface area contributed by atoms with Crippen LogP contribution in [0.2, 0.25) is 5.02 Å². The second-order valence-corrected chi connectivity index (χ2v) is 6.25. The Morgan fingerprint density at radius 2 is 2.04 bits per heavy atom. The van der Waals surface area contributed by atoms with E-state index in [4.69, 9.17) is 11.6 Å². The van der Waals surface area contributed by atoms with E-state index in [1.54, 1.807) is 0 Å². The van der Waals surface area contributed by atoms with Gasteiger partial charge >= 0.3 is 6.18 Å². The van der Waals surface area contributed by atoms with E-state index in [0.29, 0.717) is 0 Å². The number of halogens is 5. The van der Waals surface area contributed by atoms with Gasteiger partial charge in [0.2, 0.25) is 11.9 Å². The largest absolute Gasteiger partial charge is 0.435 e. The molecule has 0 saturated carbocycles. The molecule has 0 aliphatic heterocycles. The van der Waals surface area contributed by atoms with Crippen LogP contribution in [-0.4, -0.2) is 30.5 Å². The normalized spacial score (nSPS) is 11.6. The first-order chi connectivity index (χ1) is 13.1. The summed E-state index contributed by atoms with van der Waals surface area (Å²) >= 11 is 5.95. The zero-order valence-corrected chi connectivity index (χ0v) is 15.1. The first-order valence-corrected chi connectivity index (χ1v) is 8.25. The van der Waals surface area contributed by atoms with Gasteiger partial charge < -0.3 is 0 Å². The summed E-state index contributed by atoms with van der Waals surface area (Å²) in [7, 11) is 0. The minimum absolute atomic E-state index is 0.0123. The molecule has 1 N–H and O–H groups in total. The monoisotopic (exact) mass is 416 g/mol. The summed E-state index contributed by atoms with van der Waals surface area (Å²) in [4.78, 5) is 15.9. The number of aryl methyl sites for hydroxylation is 1. The number of nitrogens with one attached hydrogen (secondary N) is 1. The first-order valence-electron chi connectivity index (χ1n) is 7.87. The Labute approximate surface area is 160 Å². The molecule has 2 aromatic heterocycles. The maximum absolute atomic E-state index is 13.8. The molecule has 7 nitrogen and oxygen atoms in total. The van der Waals surface area contributed by atoms with Crippen molar-refractivity contribution in [3.05, 3.63) is 58.4 Å². The van der Waals surface area contributed by atoms with Gasteiger partial charge in [-0.1, -0.05) is 17.7 Å². The molecule has 3 rings (SSSR count). The molecule has 0 bridgehead atoms. The lowest BCUT2D eigenvalue weighted by Crippen LogP contribution is -2.21. The molecular formula is C16H13ClF4N6O. The van der Waals surface area contributed by atoms with Crippen LogP contribution in [0, 0.1) is 12.7 Å². The van der Waals surface area contributed by atoms with Gasteiger partial charge in [-0.3, -0.25) is 14.8 Å². The number of aromatic nitrogens is 5. The van der Waals surface area contributed by atoms with Gasteiger partial charge in [0.05, 0.1) is 6.54 Å². The minimum atomic E-state index is -4.60. The molecule has 148 valence electrons. The highest BCUT2D eigenvalue weighted by Gasteiger charge is 2.34. The van der Waals surface area contributed by atoms with E-state index < -0.39 is 30.1 Å².